The maximum absolute atomic E-state index is 12.0. The van der Waals surface area contributed by atoms with Crippen LogP contribution in [0, 0.1) is 0 Å². The van der Waals surface area contributed by atoms with Crippen molar-refractivity contribution >= 4 is 15.7 Å². The highest BCUT2D eigenvalue weighted by atomic mass is 32.2. The molecule has 0 radical (unpaired) electrons. The van der Waals surface area contributed by atoms with E-state index in [9.17, 15) is 13.2 Å². The molecule has 0 atom stereocenters. The summed E-state index contributed by atoms with van der Waals surface area (Å²) in [6.07, 6.45) is 1.99. The Morgan fingerprint density at radius 2 is 2.05 bits per heavy atom. The van der Waals surface area contributed by atoms with Gasteiger partial charge in [0.05, 0.1) is 18.1 Å². The largest absolute Gasteiger partial charge is 0.379 e. The van der Waals surface area contributed by atoms with Gasteiger partial charge in [-0.3, -0.25) is 9.69 Å². The molecule has 0 aromatic heterocycles. The van der Waals surface area contributed by atoms with Gasteiger partial charge in [-0.2, -0.15) is 0 Å². The van der Waals surface area contributed by atoms with E-state index in [4.69, 9.17) is 4.74 Å². The lowest BCUT2D eigenvalue weighted by Crippen LogP contribution is -2.38. The molecule has 122 valence electrons. The van der Waals surface area contributed by atoms with Gasteiger partial charge >= 0.3 is 0 Å². The normalized spacial score (nSPS) is 16.4. The number of carbonyl (C=O) groups is 1. The Morgan fingerprint density at radius 3 is 2.73 bits per heavy atom. The fourth-order valence-corrected chi connectivity index (χ4v) is 2.97. The van der Waals surface area contributed by atoms with Crippen molar-refractivity contribution in [2.45, 2.75) is 11.3 Å². The monoisotopic (exact) mass is 326 g/mol. The van der Waals surface area contributed by atoms with E-state index in [2.05, 4.69) is 10.2 Å². The van der Waals surface area contributed by atoms with Crippen molar-refractivity contribution < 1.29 is 17.9 Å². The van der Waals surface area contributed by atoms with Crippen LogP contribution in [-0.2, 0) is 14.6 Å². The first-order valence-corrected chi connectivity index (χ1v) is 9.24. The summed E-state index contributed by atoms with van der Waals surface area (Å²) in [6.45, 7) is 4.90. The van der Waals surface area contributed by atoms with Crippen LogP contribution in [0.4, 0.5) is 0 Å². The quantitative estimate of drug-likeness (QED) is 0.772. The average Bonchev–Trinajstić information content (AvgIpc) is 2.52. The molecular weight excluding hydrogens is 304 g/mol. The Morgan fingerprint density at radius 1 is 1.32 bits per heavy atom. The van der Waals surface area contributed by atoms with Gasteiger partial charge in [-0.15, -0.1) is 0 Å². The third-order valence-electron chi connectivity index (χ3n) is 3.56. The Balaban J connectivity index is 1.79. The summed E-state index contributed by atoms with van der Waals surface area (Å²) < 4.78 is 28.3. The lowest BCUT2D eigenvalue weighted by molar-refractivity contribution is 0.0374. The molecule has 1 aromatic rings. The molecule has 2 rings (SSSR count). The Labute approximate surface area is 131 Å². The van der Waals surface area contributed by atoms with Gasteiger partial charge in [0.2, 0.25) is 0 Å². The van der Waals surface area contributed by atoms with Crippen LogP contribution in [0.1, 0.15) is 16.8 Å². The van der Waals surface area contributed by atoms with Gasteiger partial charge < -0.3 is 10.1 Å². The minimum Gasteiger partial charge on any atom is -0.379 e. The number of benzene rings is 1. The van der Waals surface area contributed by atoms with Crippen LogP contribution in [0.3, 0.4) is 0 Å². The number of morpholine rings is 1. The number of amides is 1. The molecule has 1 aromatic carbocycles. The highest BCUT2D eigenvalue weighted by molar-refractivity contribution is 7.90. The van der Waals surface area contributed by atoms with Crippen molar-refractivity contribution in [1.29, 1.82) is 0 Å². The standard InChI is InChI=1S/C15H22N2O4S/c1-22(19,20)14-5-2-4-13(12-14)15(18)16-6-3-7-17-8-10-21-11-9-17/h2,4-5,12H,3,6-11H2,1H3,(H,16,18). The number of nitrogens with zero attached hydrogens (tertiary/aromatic N) is 1. The first-order chi connectivity index (χ1) is 10.5. The summed E-state index contributed by atoms with van der Waals surface area (Å²) in [5.41, 5.74) is 0.370. The maximum Gasteiger partial charge on any atom is 0.251 e. The van der Waals surface area contributed by atoms with Crippen molar-refractivity contribution in [3.05, 3.63) is 29.8 Å². The Kier molecular flexibility index (Phi) is 5.93. The summed E-state index contributed by atoms with van der Waals surface area (Å²) in [5, 5.41) is 2.83. The highest BCUT2D eigenvalue weighted by Crippen LogP contribution is 2.11. The molecule has 0 aliphatic carbocycles. The van der Waals surface area contributed by atoms with Crippen LogP contribution in [0.5, 0.6) is 0 Å². The zero-order valence-corrected chi connectivity index (χ0v) is 13.6. The minimum absolute atomic E-state index is 0.161. The van der Waals surface area contributed by atoms with E-state index in [1.807, 2.05) is 0 Å². The second kappa shape index (κ2) is 7.71. The van der Waals surface area contributed by atoms with E-state index in [-0.39, 0.29) is 10.8 Å². The van der Waals surface area contributed by atoms with Gasteiger partial charge in [0.1, 0.15) is 0 Å². The number of carbonyl (C=O) groups excluding carboxylic acids is 1. The fraction of sp³-hybridized carbons (Fsp3) is 0.533. The van der Waals surface area contributed by atoms with Crippen LogP contribution >= 0.6 is 0 Å². The van der Waals surface area contributed by atoms with Crippen LogP contribution in [0.15, 0.2) is 29.2 Å². The molecular formula is C15H22N2O4S. The molecule has 0 spiro atoms. The van der Waals surface area contributed by atoms with Gasteiger partial charge in [0.15, 0.2) is 9.84 Å². The molecule has 6 nitrogen and oxygen atoms in total. The second-order valence-corrected chi connectivity index (χ2v) is 7.38. The highest BCUT2D eigenvalue weighted by Gasteiger charge is 2.12. The van der Waals surface area contributed by atoms with Crippen molar-refractivity contribution in [1.82, 2.24) is 10.2 Å². The molecule has 22 heavy (non-hydrogen) atoms. The van der Waals surface area contributed by atoms with Gasteiger partial charge in [-0.1, -0.05) is 6.07 Å². The van der Waals surface area contributed by atoms with Crippen molar-refractivity contribution in [2.75, 3.05) is 45.6 Å². The van der Waals surface area contributed by atoms with E-state index in [0.717, 1.165) is 45.5 Å². The Hall–Kier alpha value is -1.44. The van der Waals surface area contributed by atoms with E-state index in [1.165, 1.54) is 12.1 Å². The average molecular weight is 326 g/mol. The summed E-state index contributed by atoms with van der Waals surface area (Å²) in [4.78, 5) is 14.5. The molecule has 0 bridgehead atoms. The van der Waals surface area contributed by atoms with E-state index < -0.39 is 9.84 Å². The van der Waals surface area contributed by atoms with Crippen LogP contribution < -0.4 is 5.32 Å². The number of rotatable bonds is 6. The minimum atomic E-state index is -3.30. The number of ether oxygens (including phenoxy) is 1. The van der Waals surface area contributed by atoms with Gasteiger partial charge in [-0.05, 0) is 31.2 Å². The van der Waals surface area contributed by atoms with E-state index >= 15 is 0 Å². The third-order valence-corrected chi connectivity index (χ3v) is 4.67. The number of hydrogen-bond donors (Lipinski definition) is 1. The topological polar surface area (TPSA) is 75.7 Å². The predicted octanol–water partition coefficient (Wildman–Crippen LogP) is 0.542. The van der Waals surface area contributed by atoms with Gasteiger partial charge in [0, 0.05) is 31.5 Å². The lowest BCUT2D eigenvalue weighted by atomic mass is 10.2. The first-order valence-electron chi connectivity index (χ1n) is 7.35. The predicted molar refractivity (Wildman–Crippen MR) is 83.8 cm³/mol. The van der Waals surface area contributed by atoms with Gasteiger partial charge in [-0.25, -0.2) is 8.42 Å². The van der Waals surface area contributed by atoms with Crippen LogP contribution in [0.2, 0.25) is 0 Å². The molecule has 1 aliphatic heterocycles. The molecule has 1 amide bonds. The molecule has 0 saturated carbocycles. The zero-order valence-electron chi connectivity index (χ0n) is 12.7. The third kappa shape index (κ3) is 5.08. The van der Waals surface area contributed by atoms with Crippen molar-refractivity contribution in [3.8, 4) is 0 Å². The van der Waals surface area contributed by atoms with Crippen molar-refractivity contribution in [2.24, 2.45) is 0 Å². The maximum atomic E-state index is 12.0. The summed E-state index contributed by atoms with van der Waals surface area (Å²) in [5.74, 6) is -0.243. The lowest BCUT2D eigenvalue weighted by Gasteiger charge is -2.26. The van der Waals surface area contributed by atoms with Crippen LogP contribution in [-0.4, -0.2) is 64.9 Å². The molecule has 7 heteroatoms. The Bertz CT molecular complexity index is 610. The number of sulfone groups is 1. The first kappa shape index (κ1) is 16.9. The fourth-order valence-electron chi connectivity index (χ4n) is 2.30. The molecule has 0 unspecified atom stereocenters. The molecule has 1 fully saturated rings. The summed E-state index contributed by atoms with van der Waals surface area (Å²) >= 11 is 0. The smallest absolute Gasteiger partial charge is 0.251 e. The van der Waals surface area contributed by atoms with Crippen molar-refractivity contribution in [3.63, 3.8) is 0 Å². The molecule has 1 heterocycles. The van der Waals surface area contributed by atoms with E-state index in [1.54, 1.807) is 12.1 Å². The van der Waals surface area contributed by atoms with Gasteiger partial charge in [0.25, 0.3) is 5.91 Å². The number of hydrogen-bond acceptors (Lipinski definition) is 5. The number of nitrogens with one attached hydrogen (secondary N) is 1. The molecule has 1 saturated heterocycles. The molecule has 1 N–H and O–H groups in total. The SMILES string of the molecule is CS(=O)(=O)c1cccc(C(=O)NCCCN2CCOCC2)c1. The molecule has 1 aliphatic rings. The zero-order chi connectivity index (χ0) is 16.0. The van der Waals surface area contributed by atoms with E-state index in [0.29, 0.717) is 12.1 Å². The summed E-state index contributed by atoms with van der Waals surface area (Å²) in [7, 11) is -3.30. The van der Waals surface area contributed by atoms with Crippen LogP contribution in [0.25, 0.3) is 0 Å². The second-order valence-electron chi connectivity index (χ2n) is 5.36. The summed E-state index contributed by atoms with van der Waals surface area (Å²) in [6, 6.07) is 6.10.